The lowest BCUT2D eigenvalue weighted by atomic mass is 10.1. The van der Waals surface area contributed by atoms with E-state index in [0.717, 1.165) is 48.0 Å². The molecule has 0 atom stereocenters. The summed E-state index contributed by atoms with van der Waals surface area (Å²) in [6, 6.07) is 2.39. The molecule has 23 heavy (non-hydrogen) atoms. The molecule has 0 saturated carbocycles. The number of hydrogen-bond donors (Lipinski definition) is 0. The maximum atomic E-state index is 12.5. The van der Waals surface area contributed by atoms with E-state index in [4.69, 9.17) is 0 Å². The van der Waals surface area contributed by atoms with Crippen LogP contribution in [-0.4, -0.2) is 52.2 Å². The largest absolute Gasteiger partial charge is 0.351 e. The monoisotopic (exact) mass is 329 g/mol. The summed E-state index contributed by atoms with van der Waals surface area (Å²) in [4.78, 5) is 21.4. The predicted molar refractivity (Wildman–Crippen MR) is 89.0 cm³/mol. The van der Waals surface area contributed by atoms with Crippen LogP contribution in [0.3, 0.4) is 0 Å². The van der Waals surface area contributed by atoms with Crippen LogP contribution >= 0.6 is 11.3 Å². The molecule has 1 aliphatic heterocycles. The molecule has 0 N–H and O–H groups in total. The quantitative estimate of drug-likeness (QED) is 0.857. The van der Waals surface area contributed by atoms with Crippen LogP contribution in [0.2, 0.25) is 0 Å². The van der Waals surface area contributed by atoms with Gasteiger partial charge in [0.15, 0.2) is 5.82 Å². The highest BCUT2D eigenvalue weighted by Crippen LogP contribution is 2.27. The van der Waals surface area contributed by atoms with Gasteiger partial charge in [0.05, 0.1) is 22.9 Å². The third-order valence-electron chi connectivity index (χ3n) is 4.80. The first-order valence-electron chi connectivity index (χ1n) is 7.91. The molecule has 1 saturated heterocycles. The van der Waals surface area contributed by atoms with Gasteiger partial charge in [0, 0.05) is 20.1 Å². The van der Waals surface area contributed by atoms with E-state index in [0.29, 0.717) is 0 Å². The Morgan fingerprint density at radius 1 is 1.35 bits per heavy atom. The first kappa shape index (κ1) is 14.6. The van der Waals surface area contributed by atoms with Gasteiger partial charge in [-0.15, -0.1) is 16.4 Å². The fourth-order valence-electron chi connectivity index (χ4n) is 3.19. The van der Waals surface area contributed by atoms with Gasteiger partial charge in [0.2, 0.25) is 0 Å². The van der Waals surface area contributed by atoms with Crippen molar-refractivity contribution in [1.29, 1.82) is 0 Å². The minimum Gasteiger partial charge on any atom is -0.351 e. The minimum absolute atomic E-state index is 0.0645. The summed E-state index contributed by atoms with van der Waals surface area (Å²) in [6.45, 7) is 3.51. The van der Waals surface area contributed by atoms with E-state index in [1.54, 1.807) is 5.51 Å². The molecule has 0 spiro atoms. The summed E-state index contributed by atoms with van der Waals surface area (Å²) < 4.78 is 0. The molecule has 0 bridgehead atoms. The molecule has 2 aromatic heterocycles. The van der Waals surface area contributed by atoms with Gasteiger partial charge in [-0.05, 0) is 37.8 Å². The molecule has 2 aromatic rings. The lowest BCUT2D eigenvalue weighted by molar-refractivity contribution is 0.0709. The summed E-state index contributed by atoms with van der Waals surface area (Å²) in [5.74, 6) is 1.01. The molecule has 0 aromatic carbocycles. The Balaban J connectivity index is 1.41. The van der Waals surface area contributed by atoms with Crippen LogP contribution < -0.4 is 4.90 Å². The Morgan fingerprint density at radius 2 is 2.17 bits per heavy atom. The van der Waals surface area contributed by atoms with Gasteiger partial charge in [-0.3, -0.25) is 4.79 Å². The predicted octanol–water partition coefficient (Wildman–Crippen LogP) is 1.69. The summed E-state index contributed by atoms with van der Waals surface area (Å²) >= 11 is 1.41. The first-order chi connectivity index (χ1) is 11.1. The van der Waals surface area contributed by atoms with E-state index in [1.165, 1.54) is 23.3 Å². The van der Waals surface area contributed by atoms with Gasteiger partial charge in [-0.2, -0.15) is 5.10 Å². The number of aryl methyl sites for hydroxylation is 3. The Hall–Kier alpha value is -2.02. The first-order valence-corrected chi connectivity index (χ1v) is 8.79. The van der Waals surface area contributed by atoms with Crippen LogP contribution in [0.1, 0.15) is 33.0 Å². The molecule has 120 valence electrons. The van der Waals surface area contributed by atoms with Crippen molar-refractivity contribution in [1.82, 2.24) is 20.1 Å². The second-order valence-corrected chi connectivity index (χ2v) is 7.12. The molecule has 1 fully saturated rings. The van der Waals surface area contributed by atoms with Crippen LogP contribution in [0.4, 0.5) is 5.82 Å². The lowest BCUT2D eigenvalue weighted by Gasteiger charge is -2.44. The van der Waals surface area contributed by atoms with E-state index in [9.17, 15) is 4.79 Å². The zero-order valence-electron chi connectivity index (χ0n) is 13.3. The number of anilines is 1. The standard InChI is InChI=1S/C16H19N5OS/c1-10-15(23-9-17-10)16(22)20(2)12-7-21(8-12)14-6-11-4-3-5-13(11)18-19-14/h6,9,12H,3-5,7-8H2,1-2H3. The van der Waals surface area contributed by atoms with E-state index in [2.05, 4.69) is 26.1 Å². The molecule has 0 unspecified atom stereocenters. The van der Waals surface area contributed by atoms with Crippen LogP contribution in [0.15, 0.2) is 11.6 Å². The zero-order chi connectivity index (χ0) is 16.0. The summed E-state index contributed by atoms with van der Waals surface area (Å²) in [7, 11) is 1.87. The molecule has 2 aliphatic rings. The van der Waals surface area contributed by atoms with Gasteiger partial charge in [-0.25, -0.2) is 4.98 Å². The number of likely N-dealkylation sites (N-methyl/N-ethyl adjacent to an activating group) is 1. The van der Waals surface area contributed by atoms with Crippen molar-refractivity contribution in [3.05, 3.63) is 33.4 Å². The fourth-order valence-corrected chi connectivity index (χ4v) is 3.98. The number of amides is 1. The fraction of sp³-hybridized carbons (Fsp3) is 0.500. The van der Waals surface area contributed by atoms with Crippen LogP contribution in [0, 0.1) is 6.92 Å². The van der Waals surface area contributed by atoms with Crippen molar-refractivity contribution in [2.75, 3.05) is 25.0 Å². The third-order valence-corrected chi connectivity index (χ3v) is 5.72. The number of fused-ring (bicyclic) bond motifs is 1. The SMILES string of the molecule is Cc1ncsc1C(=O)N(C)C1CN(c2cc3c(nn2)CCC3)C1. The Labute approximate surface area is 139 Å². The minimum atomic E-state index is 0.0645. The molecular weight excluding hydrogens is 310 g/mol. The summed E-state index contributed by atoms with van der Waals surface area (Å²) in [6.07, 6.45) is 3.34. The van der Waals surface area contributed by atoms with Crippen LogP contribution in [0.25, 0.3) is 0 Å². The normalized spacial score (nSPS) is 17.0. The van der Waals surface area contributed by atoms with E-state index >= 15 is 0 Å². The Bertz CT molecular complexity index is 753. The van der Waals surface area contributed by atoms with Gasteiger partial charge in [-0.1, -0.05) is 0 Å². The highest BCUT2D eigenvalue weighted by atomic mass is 32.1. The van der Waals surface area contributed by atoms with Crippen molar-refractivity contribution < 1.29 is 4.79 Å². The van der Waals surface area contributed by atoms with Crippen molar-refractivity contribution in [3.8, 4) is 0 Å². The van der Waals surface area contributed by atoms with E-state index in [1.807, 2.05) is 18.9 Å². The number of nitrogens with zero attached hydrogens (tertiary/aromatic N) is 5. The van der Waals surface area contributed by atoms with Crippen molar-refractivity contribution in [2.45, 2.75) is 32.2 Å². The van der Waals surface area contributed by atoms with Crippen molar-refractivity contribution in [2.24, 2.45) is 0 Å². The maximum Gasteiger partial charge on any atom is 0.265 e. The molecular formula is C16H19N5OS. The molecule has 7 heteroatoms. The topological polar surface area (TPSA) is 62.2 Å². The number of aromatic nitrogens is 3. The second-order valence-electron chi connectivity index (χ2n) is 6.27. The van der Waals surface area contributed by atoms with Gasteiger partial charge in [0.1, 0.15) is 4.88 Å². The number of rotatable bonds is 3. The molecule has 1 aliphatic carbocycles. The lowest BCUT2D eigenvalue weighted by Crippen LogP contribution is -2.60. The molecule has 0 radical (unpaired) electrons. The number of hydrogen-bond acceptors (Lipinski definition) is 6. The van der Waals surface area contributed by atoms with Gasteiger partial charge in [0.25, 0.3) is 5.91 Å². The van der Waals surface area contributed by atoms with Crippen molar-refractivity contribution >= 4 is 23.1 Å². The highest BCUT2D eigenvalue weighted by Gasteiger charge is 2.35. The molecule has 4 rings (SSSR count). The second kappa shape index (κ2) is 5.56. The van der Waals surface area contributed by atoms with Crippen molar-refractivity contribution in [3.63, 3.8) is 0 Å². The average molecular weight is 329 g/mol. The summed E-state index contributed by atoms with van der Waals surface area (Å²) in [5.41, 5.74) is 5.03. The zero-order valence-corrected chi connectivity index (χ0v) is 14.1. The smallest absolute Gasteiger partial charge is 0.265 e. The molecule has 6 nitrogen and oxygen atoms in total. The van der Waals surface area contributed by atoms with E-state index in [-0.39, 0.29) is 11.9 Å². The van der Waals surface area contributed by atoms with Crippen LogP contribution in [-0.2, 0) is 12.8 Å². The Morgan fingerprint density at radius 3 is 2.91 bits per heavy atom. The van der Waals surface area contributed by atoms with E-state index < -0.39 is 0 Å². The number of carbonyl (C=O) groups excluding carboxylic acids is 1. The maximum absolute atomic E-state index is 12.5. The molecule has 3 heterocycles. The Kier molecular flexibility index (Phi) is 3.52. The third kappa shape index (κ3) is 2.49. The van der Waals surface area contributed by atoms with Crippen LogP contribution in [0.5, 0.6) is 0 Å². The number of thiazole rings is 1. The van der Waals surface area contributed by atoms with Gasteiger partial charge >= 0.3 is 0 Å². The average Bonchev–Trinajstić information content (AvgIpc) is 3.12. The summed E-state index contributed by atoms with van der Waals surface area (Å²) in [5, 5.41) is 8.68. The highest BCUT2D eigenvalue weighted by molar-refractivity contribution is 7.11. The number of carbonyl (C=O) groups is 1. The van der Waals surface area contributed by atoms with Gasteiger partial charge < -0.3 is 9.80 Å². The molecule has 1 amide bonds.